The number of aryl methyl sites for hydroxylation is 1. The van der Waals surface area contributed by atoms with Crippen molar-refractivity contribution in [2.45, 2.75) is 51.2 Å². The van der Waals surface area contributed by atoms with Crippen molar-refractivity contribution in [1.82, 2.24) is 29.4 Å². The van der Waals surface area contributed by atoms with Crippen molar-refractivity contribution in [2.24, 2.45) is 0 Å². The van der Waals surface area contributed by atoms with Gasteiger partial charge in [0.1, 0.15) is 35.0 Å². The van der Waals surface area contributed by atoms with Crippen LogP contribution in [0.5, 0.6) is 0 Å². The first-order valence-corrected chi connectivity index (χ1v) is 11.6. The van der Waals surface area contributed by atoms with Gasteiger partial charge in [-0.3, -0.25) is 4.90 Å². The van der Waals surface area contributed by atoms with Gasteiger partial charge in [0.05, 0.1) is 18.3 Å². The minimum atomic E-state index is -0.805. The van der Waals surface area contributed by atoms with Gasteiger partial charge in [0.25, 0.3) is 0 Å². The van der Waals surface area contributed by atoms with E-state index in [4.69, 9.17) is 0 Å². The third-order valence-corrected chi connectivity index (χ3v) is 6.60. The Balaban J connectivity index is 1.49. The number of nitrogens with zero attached hydrogens (tertiary/aromatic N) is 6. The molecular weight excluding hydrogens is 401 g/mol. The second-order valence-electron chi connectivity index (χ2n) is 7.98. The van der Waals surface area contributed by atoms with Crippen molar-refractivity contribution in [3.8, 4) is 0 Å². The number of aromatic nitrogens is 5. The lowest BCUT2D eigenvalue weighted by atomic mass is 10.1. The molecule has 9 heteroatoms. The number of imidazole rings is 1. The van der Waals surface area contributed by atoms with Gasteiger partial charge in [-0.2, -0.15) is 11.8 Å². The monoisotopic (exact) mass is 429 g/mol. The summed E-state index contributed by atoms with van der Waals surface area (Å²) in [6.07, 6.45) is 5.54. The van der Waals surface area contributed by atoms with E-state index in [0.29, 0.717) is 36.6 Å². The van der Waals surface area contributed by atoms with Crippen molar-refractivity contribution < 1.29 is 4.39 Å². The number of hydrogen-bond acceptors (Lipinski definition) is 7. The van der Waals surface area contributed by atoms with Crippen LogP contribution >= 0.6 is 11.8 Å². The summed E-state index contributed by atoms with van der Waals surface area (Å²) in [5.74, 6) is 3.03. The number of hydrogen-bond donors (Lipinski definition) is 1. The Kier molecular flexibility index (Phi) is 6.19. The number of thioether (sulfide) groups is 1. The van der Waals surface area contributed by atoms with E-state index < -0.39 is 6.17 Å². The molecule has 30 heavy (non-hydrogen) atoms. The highest BCUT2D eigenvalue weighted by molar-refractivity contribution is 7.99. The molecule has 0 amide bonds. The highest BCUT2D eigenvalue weighted by atomic mass is 32.2. The first-order chi connectivity index (χ1) is 14.4. The Labute approximate surface area is 180 Å². The number of likely N-dealkylation sites (tertiary alicyclic amines) is 1. The average molecular weight is 430 g/mol. The number of piperidine rings is 1. The van der Waals surface area contributed by atoms with E-state index in [1.807, 2.05) is 25.3 Å². The predicted molar refractivity (Wildman–Crippen MR) is 120 cm³/mol. The first-order valence-electron chi connectivity index (χ1n) is 10.3. The van der Waals surface area contributed by atoms with Crippen molar-refractivity contribution in [3.63, 3.8) is 0 Å². The molecular formula is C21H28FN7S. The van der Waals surface area contributed by atoms with Gasteiger partial charge in [0.2, 0.25) is 0 Å². The molecule has 0 aliphatic carbocycles. The third kappa shape index (κ3) is 4.41. The van der Waals surface area contributed by atoms with Crippen LogP contribution in [0.15, 0.2) is 24.5 Å². The van der Waals surface area contributed by atoms with E-state index in [0.717, 1.165) is 29.8 Å². The fraction of sp³-hybridized carbons (Fsp3) is 0.524. The van der Waals surface area contributed by atoms with Gasteiger partial charge >= 0.3 is 0 Å². The molecule has 1 aliphatic rings. The van der Waals surface area contributed by atoms with Crippen LogP contribution in [0.3, 0.4) is 0 Å². The Morgan fingerprint density at radius 1 is 1.27 bits per heavy atom. The van der Waals surface area contributed by atoms with Crippen molar-refractivity contribution in [1.29, 1.82) is 0 Å². The van der Waals surface area contributed by atoms with Crippen molar-refractivity contribution in [3.05, 3.63) is 36.2 Å². The van der Waals surface area contributed by atoms with Gasteiger partial charge in [0, 0.05) is 30.1 Å². The summed E-state index contributed by atoms with van der Waals surface area (Å²) in [5.41, 5.74) is 1.92. The van der Waals surface area contributed by atoms with Crippen LogP contribution in [0, 0.1) is 6.92 Å². The lowest BCUT2D eigenvalue weighted by Crippen LogP contribution is -2.43. The van der Waals surface area contributed by atoms with Crippen LogP contribution in [-0.4, -0.2) is 60.2 Å². The fourth-order valence-corrected chi connectivity index (χ4v) is 4.79. The van der Waals surface area contributed by atoms with Crippen molar-refractivity contribution >= 4 is 34.4 Å². The fourth-order valence-electron chi connectivity index (χ4n) is 4.07. The summed E-state index contributed by atoms with van der Waals surface area (Å²) in [7, 11) is 0. The quantitative estimate of drug-likeness (QED) is 0.632. The molecule has 1 aliphatic heterocycles. The van der Waals surface area contributed by atoms with E-state index in [9.17, 15) is 4.39 Å². The maximum atomic E-state index is 14.3. The number of alkyl halides is 1. The van der Waals surface area contributed by atoms with Crippen LogP contribution < -0.4 is 5.32 Å². The molecule has 1 saturated heterocycles. The summed E-state index contributed by atoms with van der Waals surface area (Å²) in [6.45, 7) is 8.13. The van der Waals surface area contributed by atoms with Crippen LogP contribution in [-0.2, 0) is 6.54 Å². The molecule has 0 radical (unpaired) electrons. The molecule has 4 rings (SSSR count). The number of fused-ring (bicyclic) bond motifs is 1. The molecule has 2 atom stereocenters. The summed E-state index contributed by atoms with van der Waals surface area (Å²) in [6, 6.07) is 4.13. The maximum Gasteiger partial charge on any atom is 0.144 e. The lowest BCUT2D eigenvalue weighted by molar-refractivity contribution is 0.136. The van der Waals surface area contributed by atoms with Gasteiger partial charge < -0.3 is 9.88 Å². The molecule has 1 N–H and O–H groups in total. The molecule has 0 unspecified atom stereocenters. The summed E-state index contributed by atoms with van der Waals surface area (Å²) in [5, 5.41) is 3.37. The zero-order valence-electron chi connectivity index (χ0n) is 17.8. The van der Waals surface area contributed by atoms with Gasteiger partial charge in [-0.15, -0.1) is 0 Å². The Hall–Kier alpha value is -2.26. The van der Waals surface area contributed by atoms with E-state index >= 15 is 0 Å². The lowest BCUT2D eigenvalue weighted by Gasteiger charge is -2.33. The number of halogens is 1. The molecule has 160 valence electrons. The minimum Gasteiger partial charge on any atom is -0.326 e. The zero-order chi connectivity index (χ0) is 21.3. The molecule has 0 bridgehead atoms. The van der Waals surface area contributed by atoms with Gasteiger partial charge in [0.15, 0.2) is 0 Å². The number of rotatable bonds is 6. The van der Waals surface area contributed by atoms with Crippen LogP contribution in [0.4, 0.5) is 16.0 Å². The van der Waals surface area contributed by atoms with E-state index in [1.54, 1.807) is 24.2 Å². The summed E-state index contributed by atoms with van der Waals surface area (Å²) >= 11 is 1.61. The average Bonchev–Trinajstić information content (AvgIpc) is 3.03. The molecule has 3 aromatic rings. The largest absolute Gasteiger partial charge is 0.326 e. The van der Waals surface area contributed by atoms with E-state index in [2.05, 4.69) is 48.6 Å². The number of pyridine rings is 1. The minimum absolute atomic E-state index is 0.0964. The van der Waals surface area contributed by atoms with Gasteiger partial charge in [-0.25, -0.2) is 24.3 Å². The molecule has 0 spiro atoms. The molecule has 7 nitrogen and oxygen atoms in total. The Morgan fingerprint density at radius 2 is 2.10 bits per heavy atom. The number of nitrogens with one attached hydrogen (secondary N) is 1. The summed E-state index contributed by atoms with van der Waals surface area (Å²) in [4.78, 5) is 20.1. The van der Waals surface area contributed by atoms with Gasteiger partial charge in [-0.1, -0.05) is 0 Å². The normalized spacial score (nSPS) is 20.2. The zero-order valence-corrected chi connectivity index (χ0v) is 18.7. The second-order valence-corrected chi connectivity index (χ2v) is 9.05. The first kappa shape index (κ1) is 21.0. The van der Waals surface area contributed by atoms with Crippen LogP contribution in [0.1, 0.15) is 38.0 Å². The standard InChI is InChI=1S/C21H28FN7S/c1-13(2)29-14(3)25-16-10-24-20(9-17(16)29)26-19-5-7-23-21(27-19)12-28-8-6-18(30-4)15(22)11-28/h5,7,9-10,13,15,18H,6,8,11-12H2,1-4H3,(H,23,24,26,27)/t15-,18+/m1/s1. The molecule has 3 aromatic heterocycles. The molecule has 4 heterocycles. The summed E-state index contributed by atoms with van der Waals surface area (Å²) < 4.78 is 16.4. The maximum absolute atomic E-state index is 14.3. The predicted octanol–water partition coefficient (Wildman–Crippen LogP) is 4.13. The number of anilines is 2. The third-order valence-electron chi connectivity index (χ3n) is 5.46. The molecule has 0 saturated carbocycles. The smallest absolute Gasteiger partial charge is 0.144 e. The highest BCUT2D eigenvalue weighted by Crippen LogP contribution is 2.25. The second kappa shape index (κ2) is 8.85. The van der Waals surface area contributed by atoms with Crippen molar-refractivity contribution in [2.75, 3.05) is 24.7 Å². The van der Waals surface area contributed by atoms with Crippen LogP contribution in [0.2, 0.25) is 0 Å². The van der Waals surface area contributed by atoms with E-state index in [1.165, 1.54) is 0 Å². The van der Waals surface area contributed by atoms with E-state index in [-0.39, 0.29) is 5.25 Å². The molecule has 0 aromatic carbocycles. The SMILES string of the molecule is CS[C@H]1CCN(Cc2nccc(Nc3cc4c(cn3)nc(C)n4C(C)C)n2)C[C@H]1F. The molecule has 1 fully saturated rings. The van der Waals surface area contributed by atoms with Gasteiger partial charge in [-0.05, 0) is 46.1 Å². The van der Waals surface area contributed by atoms with Crippen LogP contribution in [0.25, 0.3) is 11.0 Å². The topological polar surface area (TPSA) is 71.8 Å². The highest BCUT2D eigenvalue weighted by Gasteiger charge is 2.28. The Morgan fingerprint density at radius 3 is 2.83 bits per heavy atom. The Bertz CT molecular complexity index is 1020.